The number of benzene rings is 1. The van der Waals surface area contributed by atoms with Crippen LogP contribution in [0.25, 0.3) is 27.9 Å². The van der Waals surface area contributed by atoms with Crippen LogP contribution in [0.15, 0.2) is 60.0 Å². The highest BCUT2D eigenvalue weighted by molar-refractivity contribution is 6.31. The van der Waals surface area contributed by atoms with Crippen molar-refractivity contribution in [1.82, 2.24) is 23.9 Å². The van der Waals surface area contributed by atoms with Crippen molar-refractivity contribution in [3.8, 4) is 22.4 Å². The van der Waals surface area contributed by atoms with Crippen LogP contribution < -0.4 is 5.56 Å². The molecule has 9 heteroatoms. The van der Waals surface area contributed by atoms with Crippen LogP contribution in [0.4, 0.5) is 4.39 Å². The minimum atomic E-state index is -0.564. The Bertz CT molecular complexity index is 1910. The fourth-order valence-corrected chi connectivity index (χ4v) is 6.78. The molecule has 0 unspecified atom stereocenters. The molecule has 2 aliphatic carbocycles. The lowest BCUT2D eigenvalue weighted by molar-refractivity contribution is 0.0953. The number of hydrogen-bond donors (Lipinski definition) is 1. The number of carbonyl (C=O) groups excluding carboxylic acids is 1. The van der Waals surface area contributed by atoms with Crippen molar-refractivity contribution in [2.75, 3.05) is 0 Å². The molecular weight excluding hydrogens is 517 g/mol. The van der Waals surface area contributed by atoms with Crippen molar-refractivity contribution in [3.63, 3.8) is 0 Å². The summed E-state index contributed by atoms with van der Waals surface area (Å²) in [5.74, 6) is 0.0687. The van der Waals surface area contributed by atoms with E-state index in [9.17, 15) is 9.59 Å². The lowest BCUT2D eigenvalue weighted by Crippen LogP contribution is -2.28. The summed E-state index contributed by atoms with van der Waals surface area (Å²) in [6.07, 6.45) is 11.3. The Morgan fingerprint density at radius 3 is 2.79 bits per heavy atom. The Labute approximate surface area is 227 Å². The van der Waals surface area contributed by atoms with Crippen LogP contribution in [-0.4, -0.2) is 29.7 Å². The number of aromatic nitrogens is 5. The number of ketones is 1. The van der Waals surface area contributed by atoms with Gasteiger partial charge in [0.2, 0.25) is 0 Å². The lowest BCUT2D eigenvalue weighted by Gasteiger charge is -2.25. The second-order valence-electron chi connectivity index (χ2n) is 11.1. The molecule has 39 heavy (non-hydrogen) atoms. The van der Waals surface area contributed by atoms with Crippen LogP contribution in [0.1, 0.15) is 59.2 Å². The highest BCUT2D eigenvalue weighted by Crippen LogP contribution is 2.55. The molecule has 0 amide bonds. The number of hydrogen-bond acceptors (Lipinski definition) is 4. The van der Waals surface area contributed by atoms with Gasteiger partial charge in [0.05, 0.1) is 41.0 Å². The molecule has 1 N–H and O–H groups in total. The van der Waals surface area contributed by atoms with Crippen molar-refractivity contribution in [3.05, 3.63) is 99.1 Å². The normalized spacial score (nSPS) is 19.0. The van der Waals surface area contributed by atoms with Crippen LogP contribution in [0.2, 0.25) is 5.02 Å². The molecule has 8 rings (SSSR count). The Morgan fingerprint density at radius 2 is 1.95 bits per heavy atom. The van der Waals surface area contributed by atoms with Crippen molar-refractivity contribution in [1.29, 1.82) is 0 Å². The standard InChI is InChI=1S/C30H23ClFN5O2/c31-20-4-2-16-10-30(7-8-30)11-24(38)27-19(26(16)28(20)32)9-25(39)37-22(27)5-6-23(37)29-34-13-21(35-29)17-1-3-18-12-33-15-36(18)14-17/h1-4,9,12-15,23H,5-8,10-11H2,(H,34,35)/t23-/m0/s1. The van der Waals surface area contributed by atoms with E-state index in [2.05, 4.69) is 15.0 Å². The molecular formula is C30H23ClFN5O2. The van der Waals surface area contributed by atoms with Crippen LogP contribution in [0.3, 0.4) is 0 Å². The highest BCUT2D eigenvalue weighted by Gasteiger charge is 2.47. The second kappa shape index (κ2) is 7.99. The predicted octanol–water partition coefficient (Wildman–Crippen LogP) is 5.79. The molecule has 1 aliphatic heterocycles. The number of H-pyrrole nitrogens is 1. The molecule has 1 aromatic carbocycles. The highest BCUT2D eigenvalue weighted by atomic mass is 35.5. The van der Waals surface area contributed by atoms with Gasteiger partial charge in [-0.05, 0) is 61.3 Å². The molecule has 0 saturated heterocycles. The number of Topliss-reactive ketones (excluding diaryl/α,β-unsaturated/α-hetero) is 1. The Kier molecular flexibility index (Phi) is 4.69. The van der Waals surface area contributed by atoms with Gasteiger partial charge in [-0.3, -0.25) is 9.59 Å². The number of nitrogens with zero attached hydrogens (tertiary/aromatic N) is 4. The third-order valence-electron chi connectivity index (χ3n) is 8.74. The van der Waals surface area contributed by atoms with Crippen molar-refractivity contribution in [2.24, 2.45) is 5.41 Å². The number of rotatable bonds is 2. The largest absolute Gasteiger partial charge is 0.340 e. The molecule has 1 spiro atoms. The van der Waals surface area contributed by atoms with Gasteiger partial charge in [0.1, 0.15) is 11.6 Å². The van der Waals surface area contributed by atoms with E-state index < -0.39 is 5.82 Å². The van der Waals surface area contributed by atoms with E-state index >= 15 is 4.39 Å². The van der Waals surface area contributed by atoms with Crippen molar-refractivity contribution in [2.45, 2.75) is 44.6 Å². The molecule has 0 bridgehead atoms. The van der Waals surface area contributed by atoms with Gasteiger partial charge >= 0.3 is 0 Å². The minimum Gasteiger partial charge on any atom is -0.340 e. The lowest BCUT2D eigenvalue weighted by atomic mass is 9.80. The molecule has 1 saturated carbocycles. The minimum absolute atomic E-state index is 0.00644. The topological polar surface area (TPSA) is 85.0 Å². The molecule has 0 radical (unpaired) electrons. The number of pyridine rings is 2. The van der Waals surface area contributed by atoms with Crippen molar-refractivity contribution < 1.29 is 9.18 Å². The maximum Gasteiger partial charge on any atom is 0.252 e. The van der Waals surface area contributed by atoms with E-state index in [-0.39, 0.29) is 27.8 Å². The van der Waals surface area contributed by atoms with Gasteiger partial charge in [0.15, 0.2) is 5.78 Å². The quantitative estimate of drug-likeness (QED) is 0.308. The monoisotopic (exact) mass is 539 g/mol. The first-order valence-corrected chi connectivity index (χ1v) is 13.5. The molecule has 5 aromatic rings. The number of imidazole rings is 2. The van der Waals surface area contributed by atoms with Gasteiger partial charge < -0.3 is 14.0 Å². The van der Waals surface area contributed by atoms with E-state index in [0.29, 0.717) is 53.9 Å². The van der Waals surface area contributed by atoms with Gasteiger partial charge in [-0.25, -0.2) is 14.4 Å². The fourth-order valence-electron chi connectivity index (χ4n) is 6.62. The molecule has 4 aromatic heterocycles. The second-order valence-corrected chi connectivity index (χ2v) is 11.5. The summed E-state index contributed by atoms with van der Waals surface area (Å²) in [7, 11) is 0. The third kappa shape index (κ3) is 3.40. The molecule has 3 aliphatic rings. The predicted molar refractivity (Wildman–Crippen MR) is 145 cm³/mol. The average molecular weight is 540 g/mol. The molecule has 1 atom stereocenters. The first-order valence-electron chi connectivity index (χ1n) is 13.2. The van der Waals surface area contributed by atoms with Crippen LogP contribution in [0, 0.1) is 11.2 Å². The summed E-state index contributed by atoms with van der Waals surface area (Å²) in [5, 5.41) is -0.00644. The first-order chi connectivity index (χ1) is 18.9. The Balaban J connectivity index is 1.27. The number of carbonyl (C=O) groups is 1. The van der Waals surface area contributed by atoms with Crippen LogP contribution in [-0.2, 0) is 12.8 Å². The molecule has 7 nitrogen and oxygen atoms in total. The van der Waals surface area contributed by atoms with E-state index in [4.69, 9.17) is 11.6 Å². The number of nitrogens with one attached hydrogen (secondary N) is 1. The summed E-state index contributed by atoms with van der Waals surface area (Å²) >= 11 is 6.21. The molecule has 1 fully saturated rings. The van der Waals surface area contributed by atoms with E-state index in [1.807, 2.05) is 28.8 Å². The van der Waals surface area contributed by atoms with E-state index in [1.54, 1.807) is 29.4 Å². The number of fused-ring (bicyclic) bond motifs is 6. The van der Waals surface area contributed by atoms with Gasteiger partial charge in [-0.2, -0.15) is 0 Å². The summed E-state index contributed by atoms with van der Waals surface area (Å²) in [6, 6.07) is 8.48. The Morgan fingerprint density at radius 1 is 1.08 bits per heavy atom. The zero-order chi connectivity index (χ0) is 26.5. The van der Waals surface area contributed by atoms with Gasteiger partial charge in [0.25, 0.3) is 5.56 Å². The SMILES string of the molecule is O=C1CC2(CC2)Cc2ccc(Cl)c(F)c2-c2cc(=O)n3c(c21)CC[C@H]3c1ncc(-c2ccc3cncn3c2)[nH]1. The smallest absolute Gasteiger partial charge is 0.252 e. The first kappa shape index (κ1) is 22.9. The van der Waals surface area contributed by atoms with E-state index in [0.717, 1.165) is 35.2 Å². The average Bonchev–Trinajstić information content (AvgIpc) is 3.31. The van der Waals surface area contributed by atoms with Crippen molar-refractivity contribution >= 4 is 22.9 Å². The summed E-state index contributed by atoms with van der Waals surface area (Å²) < 4.78 is 19.2. The summed E-state index contributed by atoms with van der Waals surface area (Å²) in [4.78, 5) is 39.7. The third-order valence-corrected chi connectivity index (χ3v) is 9.03. The summed E-state index contributed by atoms with van der Waals surface area (Å²) in [5.41, 5.74) is 4.95. The van der Waals surface area contributed by atoms with E-state index in [1.165, 1.54) is 6.07 Å². The zero-order valence-electron chi connectivity index (χ0n) is 20.9. The molecule has 194 valence electrons. The number of aromatic amines is 1. The zero-order valence-corrected chi connectivity index (χ0v) is 21.6. The Hall–Kier alpha value is -4.04. The summed E-state index contributed by atoms with van der Waals surface area (Å²) in [6.45, 7) is 0. The van der Waals surface area contributed by atoms with Gasteiger partial charge in [0, 0.05) is 46.6 Å². The maximum atomic E-state index is 15.6. The van der Waals surface area contributed by atoms with Gasteiger partial charge in [-0.1, -0.05) is 17.7 Å². The van der Waals surface area contributed by atoms with Crippen LogP contribution in [0.5, 0.6) is 0 Å². The van der Waals surface area contributed by atoms with Crippen LogP contribution >= 0.6 is 11.6 Å². The maximum absolute atomic E-state index is 15.6. The number of halogens is 2. The van der Waals surface area contributed by atoms with Gasteiger partial charge in [-0.15, -0.1) is 0 Å². The fraction of sp³-hybridized carbons (Fsp3) is 0.267. The molecule has 5 heterocycles.